The highest BCUT2D eigenvalue weighted by Crippen LogP contribution is 2.19. The van der Waals surface area contributed by atoms with Gasteiger partial charge in [0.1, 0.15) is 0 Å². The van der Waals surface area contributed by atoms with Gasteiger partial charge in [-0.05, 0) is 52.8 Å². The molecule has 0 aliphatic rings. The lowest BCUT2D eigenvalue weighted by molar-refractivity contribution is -0.123. The Kier molecular flexibility index (Phi) is 6.81. The van der Waals surface area contributed by atoms with Crippen molar-refractivity contribution in [3.63, 3.8) is 0 Å². The number of carbonyl (C=O) groups is 2. The number of ether oxygens (including phenoxy) is 1. The third-order valence-electron chi connectivity index (χ3n) is 4.18. The molecule has 0 bridgehead atoms. The molecule has 0 aliphatic heterocycles. The van der Waals surface area contributed by atoms with Gasteiger partial charge in [-0.3, -0.25) is 9.48 Å². The minimum absolute atomic E-state index is 0.0324. The fraction of sp³-hybridized carbons (Fsp3) is 0.421. The first kappa shape index (κ1) is 22.6. The summed E-state index contributed by atoms with van der Waals surface area (Å²) >= 11 is 0. The van der Waals surface area contributed by atoms with Crippen molar-refractivity contribution in [3.05, 3.63) is 41.2 Å². The smallest absolute Gasteiger partial charge is 0.338 e. The van der Waals surface area contributed by atoms with Gasteiger partial charge in [0, 0.05) is 13.1 Å². The zero-order valence-corrected chi connectivity index (χ0v) is 18.1. The molecule has 10 heteroatoms. The molecule has 9 nitrogen and oxygen atoms in total. The molecule has 2 aromatic rings. The maximum absolute atomic E-state index is 12.4. The van der Waals surface area contributed by atoms with E-state index in [1.54, 1.807) is 32.5 Å². The quantitative estimate of drug-likeness (QED) is 0.658. The molecule has 2 rings (SSSR count). The third kappa shape index (κ3) is 5.42. The minimum Gasteiger partial charge on any atom is -0.449 e. The Morgan fingerprint density at radius 3 is 2.38 bits per heavy atom. The van der Waals surface area contributed by atoms with Crippen LogP contribution in [-0.4, -0.2) is 42.2 Å². The minimum atomic E-state index is -3.75. The van der Waals surface area contributed by atoms with Gasteiger partial charge >= 0.3 is 5.97 Å². The molecular formula is C19H26N4O5S. The Hall–Kier alpha value is -2.72. The van der Waals surface area contributed by atoms with E-state index in [1.807, 2.05) is 6.92 Å². The van der Waals surface area contributed by atoms with E-state index >= 15 is 0 Å². The molecule has 0 saturated carbocycles. The van der Waals surface area contributed by atoms with Crippen LogP contribution in [0.1, 0.15) is 42.5 Å². The van der Waals surface area contributed by atoms with Crippen molar-refractivity contribution in [3.8, 4) is 0 Å². The van der Waals surface area contributed by atoms with Crippen LogP contribution in [0.3, 0.4) is 0 Å². The number of hydrogen-bond donors (Lipinski definition) is 2. The van der Waals surface area contributed by atoms with Crippen LogP contribution < -0.4 is 10.0 Å². The normalized spacial score (nSPS) is 12.7. The van der Waals surface area contributed by atoms with Crippen molar-refractivity contribution in [2.24, 2.45) is 7.05 Å². The highest BCUT2D eigenvalue weighted by Gasteiger charge is 2.23. The van der Waals surface area contributed by atoms with Crippen LogP contribution in [0, 0.1) is 13.8 Å². The number of anilines is 1. The lowest BCUT2D eigenvalue weighted by Gasteiger charge is -2.14. The zero-order chi connectivity index (χ0) is 21.9. The summed E-state index contributed by atoms with van der Waals surface area (Å²) in [6.07, 6.45) is -1.09. The van der Waals surface area contributed by atoms with E-state index in [-0.39, 0.29) is 16.5 Å². The SMILES string of the molecule is Cc1nn(C)c(C)c1NC(=O)[C@@H](C)OC(=O)c1cccc(S(=O)(=O)NC(C)C)c1. The average molecular weight is 423 g/mol. The summed E-state index contributed by atoms with van der Waals surface area (Å²) in [7, 11) is -1.99. The van der Waals surface area contributed by atoms with Gasteiger partial charge < -0.3 is 10.1 Å². The average Bonchev–Trinajstić information content (AvgIpc) is 2.86. The fourth-order valence-corrected chi connectivity index (χ4v) is 3.93. The third-order valence-corrected chi connectivity index (χ3v) is 5.84. The van der Waals surface area contributed by atoms with Crippen LogP contribution in [-0.2, 0) is 26.6 Å². The number of amides is 1. The fourth-order valence-electron chi connectivity index (χ4n) is 2.63. The molecule has 1 atom stereocenters. The number of aryl methyl sites for hydroxylation is 2. The van der Waals surface area contributed by atoms with Crippen molar-refractivity contribution in [2.75, 3.05) is 5.32 Å². The molecule has 0 aliphatic carbocycles. The highest BCUT2D eigenvalue weighted by molar-refractivity contribution is 7.89. The van der Waals surface area contributed by atoms with Crippen LogP contribution in [0.25, 0.3) is 0 Å². The highest BCUT2D eigenvalue weighted by atomic mass is 32.2. The summed E-state index contributed by atoms with van der Waals surface area (Å²) in [5.41, 5.74) is 2.01. The van der Waals surface area contributed by atoms with Crippen molar-refractivity contribution < 1.29 is 22.7 Å². The summed E-state index contributed by atoms with van der Waals surface area (Å²) in [5.74, 6) is -1.31. The number of rotatable bonds is 7. The predicted octanol–water partition coefficient (Wildman–Crippen LogP) is 1.91. The molecule has 29 heavy (non-hydrogen) atoms. The molecule has 1 amide bonds. The number of nitrogens with one attached hydrogen (secondary N) is 2. The van der Waals surface area contributed by atoms with Crippen LogP contribution in [0.2, 0.25) is 0 Å². The zero-order valence-electron chi connectivity index (χ0n) is 17.3. The molecule has 0 fully saturated rings. The molecule has 1 aromatic heterocycles. The molecule has 0 unspecified atom stereocenters. The molecule has 158 valence electrons. The Balaban J connectivity index is 2.11. The lowest BCUT2D eigenvalue weighted by atomic mass is 10.2. The molecular weight excluding hydrogens is 396 g/mol. The molecule has 0 radical (unpaired) electrons. The number of carbonyl (C=O) groups excluding carboxylic acids is 2. The molecule has 0 spiro atoms. The summed E-state index contributed by atoms with van der Waals surface area (Å²) in [6, 6.07) is 5.17. The maximum atomic E-state index is 12.4. The summed E-state index contributed by atoms with van der Waals surface area (Å²) in [5, 5.41) is 6.92. The first-order valence-electron chi connectivity index (χ1n) is 9.06. The second-order valence-electron chi connectivity index (χ2n) is 7.01. The van der Waals surface area contributed by atoms with Gasteiger partial charge in [-0.15, -0.1) is 0 Å². The van der Waals surface area contributed by atoms with E-state index in [9.17, 15) is 18.0 Å². The van der Waals surface area contributed by atoms with Crippen molar-refractivity contribution in [1.29, 1.82) is 0 Å². The van der Waals surface area contributed by atoms with E-state index < -0.39 is 28.0 Å². The number of benzene rings is 1. The second kappa shape index (κ2) is 8.75. The molecule has 1 heterocycles. The number of sulfonamides is 1. The monoisotopic (exact) mass is 422 g/mol. The number of nitrogens with zero attached hydrogens (tertiary/aromatic N) is 2. The first-order valence-corrected chi connectivity index (χ1v) is 10.5. The predicted molar refractivity (Wildman–Crippen MR) is 108 cm³/mol. The van der Waals surface area contributed by atoms with Gasteiger partial charge in [-0.2, -0.15) is 5.10 Å². The number of hydrogen-bond acceptors (Lipinski definition) is 6. The van der Waals surface area contributed by atoms with Gasteiger partial charge in [0.25, 0.3) is 5.91 Å². The lowest BCUT2D eigenvalue weighted by Crippen LogP contribution is -2.31. The van der Waals surface area contributed by atoms with E-state index in [2.05, 4.69) is 15.1 Å². The first-order chi connectivity index (χ1) is 13.4. The Labute approximate surface area is 170 Å². The van der Waals surface area contributed by atoms with Crippen molar-refractivity contribution in [2.45, 2.75) is 51.7 Å². The van der Waals surface area contributed by atoms with Crippen molar-refractivity contribution >= 4 is 27.6 Å². The van der Waals surface area contributed by atoms with E-state index in [0.717, 1.165) is 5.69 Å². The van der Waals surface area contributed by atoms with E-state index in [0.29, 0.717) is 11.4 Å². The van der Waals surface area contributed by atoms with Crippen LogP contribution in [0.4, 0.5) is 5.69 Å². The Bertz CT molecular complexity index is 1030. The molecule has 0 saturated heterocycles. The summed E-state index contributed by atoms with van der Waals surface area (Å²) < 4.78 is 33.9. The van der Waals surface area contributed by atoms with Gasteiger partial charge in [0.2, 0.25) is 10.0 Å². The topological polar surface area (TPSA) is 119 Å². The maximum Gasteiger partial charge on any atom is 0.338 e. The van der Waals surface area contributed by atoms with Gasteiger partial charge in [-0.25, -0.2) is 17.9 Å². The second-order valence-corrected chi connectivity index (χ2v) is 8.72. The van der Waals surface area contributed by atoms with Gasteiger partial charge in [-0.1, -0.05) is 6.07 Å². The van der Waals surface area contributed by atoms with Gasteiger partial charge in [0.05, 0.1) is 27.5 Å². The van der Waals surface area contributed by atoms with E-state index in [1.165, 1.54) is 31.2 Å². The van der Waals surface area contributed by atoms with Crippen LogP contribution in [0.5, 0.6) is 0 Å². The van der Waals surface area contributed by atoms with E-state index in [4.69, 9.17) is 4.74 Å². The summed E-state index contributed by atoms with van der Waals surface area (Å²) in [6.45, 7) is 8.40. The standard InChI is InChI=1S/C19H26N4O5S/c1-11(2)22-29(26,27)16-9-7-8-15(10-16)19(25)28-14(5)18(24)20-17-12(3)21-23(6)13(17)4/h7-11,14,22H,1-6H3,(H,20,24)/t14-/m1/s1. The number of aromatic nitrogens is 2. The van der Waals surface area contributed by atoms with Crippen LogP contribution in [0.15, 0.2) is 29.2 Å². The van der Waals surface area contributed by atoms with Crippen LogP contribution >= 0.6 is 0 Å². The summed E-state index contributed by atoms with van der Waals surface area (Å²) in [4.78, 5) is 24.8. The van der Waals surface area contributed by atoms with Crippen molar-refractivity contribution in [1.82, 2.24) is 14.5 Å². The largest absolute Gasteiger partial charge is 0.449 e. The van der Waals surface area contributed by atoms with Gasteiger partial charge in [0.15, 0.2) is 6.10 Å². The Morgan fingerprint density at radius 1 is 1.17 bits per heavy atom. The number of esters is 1. The molecule has 2 N–H and O–H groups in total. The Morgan fingerprint density at radius 2 is 1.83 bits per heavy atom. The molecule has 1 aromatic carbocycles.